The molecule has 38 heavy (non-hydrogen) atoms. The number of nitrogens with zero attached hydrogens (tertiary/aromatic N) is 6. The van der Waals surface area contributed by atoms with E-state index in [0.717, 1.165) is 59.2 Å². The fraction of sp³-hybridized carbons (Fsp3) is 0.323. The number of likely N-dealkylation sites (tertiary alicyclic amines) is 1. The molecule has 0 saturated carbocycles. The molecule has 4 aromatic rings. The number of aromatic nitrogens is 3. The molecule has 7 heteroatoms. The second-order valence-electron chi connectivity index (χ2n) is 11.2. The molecule has 2 aromatic carbocycles. The van der Waals surface area contributed by atoms with E-state index in [-0.39, 0.29) is 11.4 Å². The maximum Gasteiger partial charge on any atom is 0.227 e. The van der Waals surface area contributed by atoms with Crippen LogP contribution in [0.3, 0.4) is 0 Å². The van der Waals surface area contributed by atoms with Crippen LogP contribution in [0.15, 0.2) is 67.1 Å². The summed E-state index contributed by atoms with van der Waals surface area (Å²) in [7, 11) is 0. The predicted molar refractivity (Wildman–Crippen MR) is 149 cm³/mol. The third-order valence-electron chi connectivity index (χ3n) is 8.87. The number of anilines is 1. The first-order valence-corrected chi connectivity index (χ1v) is 13.3. The minimum absolute atomic E-state index is 0.0312. The summed E-state index contributed by atoms with van der Waals surface area (Å²) in [5.41, 5.74) is 7.11. The van der Waals surface area contributed by atoms with Crippen molar-refractivity contribution in [1.82, 2.24) is 19.0 Å². The van der Waals surface area contributed by atoms with Gasteiger partial charge in [0.2, 0.25) is 5.91 Å². The summed E-state index contributed by atoms with van der Waals surface area (Å²) in [4.78, 5) is 26.0. The van der Waals surface area contributed by atoms with E-state index in [4.69, 9.17) is 11.6 Å². The zero-order valence-electron chi connectivity index (χ0n) is 21.8. The van der Waals surface area contributed by atoms with Crippen LogP contribution >= 0.6 is 0 Å². The Bertz CT molecular complexity index is 1600. The Labute approximate surface area is 222 Å². The van der Waals surface area contributed by atoms with Gasteiger partial charge in [0, 0.05) is 60.8 Å². The van der Waals surface area contributed by atoms with Crippen LogP contribution in [-0.4, -0.2) is 50.1 Å². The first-order valence-electron chi connectivity index (χ1n) is 13.3. The van der Waals surface area contributed by atoms with Gasteiger partial charge in [-0.2, -0.15) is 0 Å². The summed E-state index contributed by atoms with van der Waals surface area (Å²) in [5, 5.41) is 0. The molecule has 0 N–H and O–H groups in total. The fourth-order valence-electron chi connectivity index (χ4n) is 6.27. The van der Waals surface area contributed by atoms with Crippen molar-refractivity contribution in [3.63, 3.8) is 0 Å². The predicted octanol–water partition coefficient (Wildman–Crippen LogP) is 5.76. The zero-order valence-corrected chi connectivity index (χ0v) is 21.8. The van der Waals surface area contributed by atoms with Crippen molar-refractivity contribution in [3.05, 3.63) is 84.1 Å². The molecule has 0 bridgehead atoms. The summed E-state index contributed by atoms with van der Waals surface area (Å²) in [5.74, 6) is 1.43. The fourth-order valence-corrected chi connectivity index (χ4v) is 6.27. The van der Waals surface area contributed by atoms with Gasteiger partial charge in [0.05, 0.1) is 18.0 Å². The van der Waals surface area contributed by atoms with Crippen molar-refractivity contribution in [1.29, 1.82) is 0 Å². The molecule has 2 aromatic heterocycles. The lowest BCUT2D eigenvalue weighted by atomic mass is 9.83. The molecular weight excluding hydrogens is 472 g/mol. The lowest BCUT2D eigenvalue weighted by molar-refractivity contribution is -0.117. The molecule has 190 valence electrons. The van der Waals surface area contributed by atoms with Crippen LogP contribution in [0.1, 0.15) is 32.3 Å². The first-order chi connectivity index (χ1) is 18.4. The Balaban J connectivity index is 1.24. The maximum atomic E-state index is 13.2. The van der Waals surface area contributed by atoms with Gasteiger partial charge in [-0.1, -0.05) is 24.3 Å². The monoisotopic (exact) mass is 502 g/mol. The molecule has 0 aliphatic carbocycles. The minimum Gasteiger partial charge on any atom is -0.340 e. The normalized spacial score (nSPS) is 18.8. The molecule has 7 rings (SSSR count). The highest BCUT2D eigenvalue weighted by atomic mass is 16.2. The summed E-state index contributed by atoms with van der Waals surface area (Å²) in [6, 6.07) is 16.3. The molecule has 3 aliphatic heterocycles. The minimum atomic E-state index is 0.0312. The highest BCUT2D eigenvalue weighted by Gasteiger charge is 2.44. The van der Waals surface area contributed by atoms with Crippen molar-refractivity contribution in [3.8, 4) is 28.3 Å². The quantitative estimate of drug-likeness (QED) is 0.294. The van der Waals surface area contributed by atoms with Gasteiger partial charge < -0.3 is 9.47 Å². The van der Waals surface area contributed by atoms with Gasteiger partial charge in [-0.05, 0) is 68.8 Å². The van der Waals surface area contributed by atoms with Gasteiger partial charge in [-0.15, -0.1) is 0 Å². The van der Waals surface area contributed by atoms with E-state index < -0.39 is 0 Å². The Morgan fingerprint density at radius 1 is 1.05 bits per heavy atom. The number of rotatable bonds is 4. The topological polar surface area (TPSA) is 50.7 Å². The van der Waals surface area contributed by atoms with Crippen LogP contribution in [0.25, 0.3) is 33.2 Å². The molecule has 0 radical (unpaired) electrons. The molecule has 1 amide bonds. The van der Waals surface area contributed by atoms with Crippen molar-refractivity contribution in [2.45, 2.75) is 38.8 Å². The number of benzene rings is 2. The molecule has 5 heterocycles. The largest absolute Gasteiger partial charge is 0.340 e. The molecule has 2 saturated heterocycles. The molecule has 1 atom stereocenters. The van der Waals surface area contributed by atoms with Crippen molar-refractivity contribution in [2.75, 3.05) is 24.5 Å². The Morgan fingerprint density at radius 3 is 2.61 bits per heavy atom. The number of imidazole rings is 1. The van der Waals surface area contributed by atoms with Gasteiger partial charge in [-0.25, -0.2) is 9.83 Å². The van der Waals surface area contributed by atoms with Crippen molar-refractivity contribution >= 4 is 17.3 Å². The summed E-state index contributed by atoms with van der Waals surface area (Å²) < 4.78 is 4.39. The maximum absolute atomic E-state index is 13.2. The lowest BCUT2D eigenvalue weighted by Gasteiger charge is -2.47. The number of hydrogen-bond donors (Lipinski definition) is 0. The number of fused-ring (bicyclic) bond motifs is 5. The lowest BCUT2D eigenvalue weighted by Crippen LogP contribution is -2.56. The van der Waals surface area contributed by atoms with Crippen LogP contribution in [-0.2, 0) is 11.3 Å². The van der Waals surface area contributed by atoms with E-state index in [2.05, 4.69) is 63.2 Å². The van der Waals surface area contributed by atoms with Crippen molar-refractivity contribution < 1.29 is 4.79 Å². The van der Waals surface area contributed by atoms with E-state index in [0.29, 0.717) is 24.6 Å². The second kappa shape index (κ2) is 8.44. The van der Waals surface area contributed by atoms with E-state index in [1.165, 1.54) is 6.42 Å². The van der Waals surface area contributed by atoms with Crippen LogP contribution in [0.5, 0.6) is 0 Å². The van der Waals surface area contributed by atoms with Crippen LogP contribution < -0.4 is 4.90 Å². The molecular formula is C31H30N6O. The van der Waals surface area contributed by atoms with E-state index in [1.54, 1.807) is 0 Å². The average Bonchev–Trinajstić information content (AvgIpc) is 3.60. The Morgan fingerprint density at radius 2 is 1.87 bits per heavy atom. The first kappa shape index (κ1) is 23.0. The van der Waals surface area contributed by atoms with Crippen LogP contribution in [0.2, 0.25) is 0 Å². The molecule has 7 nitrogen and oxygen atoms in total. The smallest absolute Gasteiger partial charge is 0.227 e. The van der Waals surface area contributed by atoms with Gasteiger partial charge in [0.1, 0.15) is 0 Å². The Kier molecular flexibility index (Phi) is 5.11. The number of carbonyl (C=O) groups is 1. The summed E-state index contributed by atoms with van der Waals surface area (Å²) >= 11 is 0. The molecule has 2 fully saturated rings. The average molecular weight is 503 g/mol. The number of amides is 1. The Hall–Kier alpha value is -4.15. The molecule has 3 aliphatic rings. The molecule has 0 spiro atoms. The van der Waals surface area contributed by atoms with Gasteiger partial charge >= 0.3 is 0 Å². The van der Waals surface area contributed by atoms with Crippen molar-refractivity contribution in [2.24, 2.45) is 5.92 Å². The number of carbonyl (C=O) groups excluding carboxylic acids is 1. The standard InChI is InChI=1S/C31H30N6O/c1-31(2,35-12-4-13-35)24-17-29(38)37(20-24)26-9-10-27-23(15-26)19-34-18-22(21-5-7-25(32-3)8-6-21)16-28(34)30-33-11-14-36(27)30/h5-11,14-16,18,24H,4,12-13,17,19-20H2,1-2H3. The van der Waals surface area contributed by atoms with E-state index in [1.807, 2.05) is 41.6 Å². The van der Waals surface area contributed by atoms with Gasteiger partial charge in [0.25, 0.3) is 0 Å². The second-order valence-corrected chi connectivity index (χ2v) is 11.2. The third-order valence-corrected chi connectivity index (χ3v) is 8.87. The summed E-state index contributed by atoms with van der Waals surface area (Å²) in [6.07, 6.45) is 7.86. The highest BCUT2D eigenvalue weighted by molar-refractivity contribution is 5.96. The summed E-state index contributed by atoms with van der Waals surface area (Å²) in [6.45, 7) is 15.5. The van der Waals surface area contributed by atoms with Gasteiger partial charge in [-0.3, -0.25) is 14.3 Å². The van der Waals surface area contributed by atoms with E-state index in [9.17, 15) is 4.79 Å². The third kappa shape index (κ3) is 3.52. The highest BCUT2D eigenvalue weighted by Crippen LogP contribution is 2.39. The van der Waals surface area contributed by atoms with E-state index >= 15 is 0 Å². The molecule has 1 unspecified atom stereocenters. The van der Waals surface area contributed by atoms with Gasteiger partial charge in [0.15, 0.2) is 11.5 Å². The van der Waals surface area contributed by atoms with Crippen LogP contribution in [0, 0.1) is 12.5 Å². The SMILES string of the molecule is [C-]#[N+]c1ccc(-c2cc3n(c2)Cc2cc(N4CC(C(C)(C)N5CCC5)CC4=O)ccc2-n2ccnc2-3)cc1. The van der Waals surface area contributed by atoms with Crippen LogP contribution in [0.4, 0.5) is 11.4 Å². The number of hydrogen-bond acceptors (Lipinski definition) is 3. The zero-order chi connectivity index (χ0) is 26.0.